The van der Waals surface area contributed by atoms with Crippen molar-refractivity contribution in [3.63, 3.8) is 0 Å². The second kappa shape index (κ2) is 7.06. The first kappa shape index (κ1) is 14.5. The van der Waals surface area contributed by atoms with Crippen LogP contribution < -0.4 is 5.73 Å². The third-order valence-corrected chi connectivity index (χ3v) is 4.19. The van der Waals surface area contributed by atoms with E-state index in [0.717, 1.165) is 36.9 Å². The molecule has 0 aromatic heterocycles. The van der Waals surface area contributed by atoms with Crippen molar-refractivity contribution in [2.45, 2.75) is 25.7 Å². The van der Waals surface area contributed by atoms with Crippen LogP contribution in [-0.2, 0) is 11.2 Å². The standard InChI is InChI=1S/C15H21BrN2O/c16-14-5-1-3-12(9-14)6-8-18-7-2-4-13(11-18)10-15(17)19/h1,3,5,9,13H,2,4,6-8,10-11H2,(H2,17,19)/t13-/m0/s1. The lowest BCUT2D eigenvalue weighted by atomic mass is 9.94. The monoisotopic (exact) mass is 324 g/mol. The van der Waals surface area contributed by atoms with Gasteiger partial charge in [-0.3, -0.25) is 4.79 Å². The van der Waals surface area contributed by atoms with Gasteiger partial charge in [0, 0.05) is 24.0 Å². The maximum absolute atomic E-state index is 11.0. The molecule has 104 valence electrons. The minimum Gasteiger partial charge on any atom is -0.370 e. The number of hydrogen-bond donors (Lipinski definition) is 1. The van der Waals surface area contributed by atoms with Crippen molar-refractivity contribution in [1.29, 1.82) is 0 Å². The number of benzene rings is 1. The number of primary amides is 1. The summed E-state index contributed by atoms with van der Waals surface area (Å²) in [6.07, 6.45) is 3.91. The molecule has 1 aliphatic rings. The lowest BCUT2D eigenvalue weighted by Gasteiger charge is -2.32. The van der Waals surface area contributed by atoms with Gasteiger partial charge in [0.1, 0.15) is 0 Å². The number of rotatable bonds is 5. The van der Waals surface area contributed by atoms with Crippen LogP contribution in [0, 0.1) is 5.92 Å². The Balaban J connectivity index is 1.81. The van der Waals surface area contributed by atoms with Crippen LogP contribution in [0.5, 0.6) is 0 Å². The normalized spacial score (nSPS) is 20.4. The lowest BCUT2D eigenvalue weighted by molar-refractivity contribution is -0.119. The molecule has 0 spiro atoms. The Hall–Kier alpha value is -0.870. The average Bonchev–Trinajstić information content (AvgIpc) is 2.36. The molecule has 2 N–H and O–H groups in total. The SMILES string of the molecule is NC(=O)C[C@@H]1CCCN(CCc2cccc(Br)c2)C1. The highest BCUT2D eigenvalue weighted by Gasteiger charge is 2.20. The van der Waals surface area contributed by atoms with Crippen LogP contribution >= 0.6 is 15.9 Å². The molecule has 1 atom stereocenters. The maximum atomic E-state index is 11.0. The summed E-state index contributed by atoms with van der Waals surface area (Å²) in [6, 6.07) is 8.46. The molecule has 0 bridgehead atoms. The van der Waals surface area contributed by atoms with E-state index in [1.54, 1.807) is 0 Å². The van der Waals surface area contributed by atoms with E-state index in [1.807, 2.05) is 6.07 Å². The lowest BCUT2D eigenvalue weighted by Crippen LogP contribution is -2.38. The van der Waals surface area contributed by atoms with E-state index in [2.05, 4.69) is 39.0 Å². The van der Waals surface area contributed by atoms with Crippen molar-refractivity contribution >= 4 is 21.8 Å². The van der Waals surface area contributed by atoms with Gasteiger partial charge in [0.25, 0.3) is 0 Å². The Labute approximate surface area is 123 Å². The first-order chi connectivity index (χ1) is 9.13. The van der Waals surface area contributed by atoms with Gasteiger partial charge in [-0.15, -0.1) is 0 Å². The fourth-order valence-corrected chi connectivity index (χ4v) is 3.23. The second-order valence-electron chi connectivity index (χ2n) is 5.36. The van der Waals surface area contributed by atoms with Crippen LogP contribution in [-0.4, -0.2) is 30.4 Å². The third-order valence-electron chi connectivity index (χ3n) is 3.70. The fourth-order valence-electron chi connectivity index (χ4n) is 2.79. The Morgan fingerprint density at radius 2 is 2.32 bits per heavy atom. The molecule has 0 radical (unpaired) electrons. The van der Waals surface area contributed by atoms with Gasteiger partial charge in [0.05, 0.1) is 0 Å². The Bertz CT molecular complexity index is 436. The summed E-state index contributed by atoms with van der Waals surface area (Å²) < 4.78 is 1.13. The van der Waals surface area contributed by atoms with Crippen LogP contribution in [0.4, 0.5) is 0 Å². The number of carbonyl (C=O) groups excluding carboxylic acids is 1. The van der Waals surface area contributed by atoms with E-state index in [0.29, 0.717) is 12.3 Å². The van der Waals surface area contributed by atoms with E-state index in [4.69, 9.17) is 5.73 Å². The third kappa shape index (κ3) is 4.96. The van der Waals surface area contributed by atoms with Crippen LogP contribution in [0.2, 0.25) is 0 Å². The first-order valence-electron chi connectivity index (χ1n) is 6.88. The van der Waals surface area contributed by atoms with Crippen molar-refractivity contribution in [3.05, 3.63) is 34.3 Å². The summed E-state index contributed by atoms with van der Waals surface area (Å²) in [5.41, 5.74) is 6.64. The van der Waals surface area contributed by atoms with Crippen LogP contribution in [0.1, 0.15) is 24.8 Å². The number of amides is 1. The van der Waals surface area contributed by atoms with E-state index in [9.17, 15) is 4.79 Å². The summed E-state index contributed by atoms with van der Waals surface area (Å²) >= 11 is 3.50. The van der Waals surface area contributed by atoms with Gasteiger partial charge in [-0.2, -0.15) is 0 Å². The van der Waals surface area contributed by atoms with E-state index in [-0.39, 0.29) is 5.91 Å². The summed E-state index contributed by atoms with van der Waals surface area (Å²) in [5, 5.41) is 0. The summed E-state index contributed by atoms with van der Waals surface area (Å²) in [7, 11) is 0. The number of carbonyl (C=O) groups is 1. The highest BCUT2D eigenvalue weighted by atomic mass is 79.9. The molecule has 0 saturated carbocycles. The number of likely N-dealkylation sites (tertiary alicyclic amines) is 1. The summed E-state index contributed by atoms with van der Waals surface area (Å²) in [5.74, 6) is 0.285. The zero-order chi connectivity index (χ0) is 13.7. The molecular formula is C15H21BrN2O. The molecule has 19 heavy (non-hydrogen) atoms. The van der Waals surface area contributed by atoms with E-state index in [1.165, 1.54) is 12.0 Å². The van der Waals surface area contributed by atoms with Gasteiger partial charge in [-0.25, -0.2) is 0 Å². The summed E-state index contributed by atoms with van der Waals surface area (Å²) in [4.78, 5) is 13.4. The van der Waals surface area contributed by atoms with Crippen LogP contribution in [0.3, 0.4) is 0 Å². The number of hydrogen-bond acceptors (Lipinski definition) is 2. The smallest absolute Gasteiger partial charge is 0.217 e. The topological polar surface area (TPSA) is 46.3 Å². The molecule has 3 nitrogen and oxygen atoms in total. The minimum absolute atomic E-state index is 0.168. The van der Waals surface area contributed by atoms with Crippen LogP contribution in [0.15, 0.2) is 28.7 Å². The molecule has 1 fully saturated rings. The van der Waals surface area contributed by atoms with Crippen molar-refractivity contribution in [1.82, 2.24) is 4.90 Å². The van der Waals surface area contributed by atoms with Gasteiger partial charge < -0.3 is 10.6 Å². The zero-order valence-electron chi connectivity index (χ0n) is 11.1. The molecule has 1 aliphatic heterocycles. The maximum Gasteiger partial charge on any atom is 0.217 e. The highest BCUT2D eigenvalue weighted by molar-refractivity contribution is 9.10. The molecule has 1 saturated heterocycles. The first-order valence-corrected chi connectivity index (χ1v) is 7.68. The van der Waals surface area contributed by atoms with E-state index < -0.39 is 0 Å². The van der Waals surface area contributed by atoms with Crippen molar-refractivity contribution < 1.29 is 4.79 Å². The zero-order valence-corrected chi connectivity index (χ0v) is 12.7. The largest absolute Gasteiger partial charge is 0.370 e. The molecule has 1 heterocycles. The number of piperidine rings is 1. The van der Waals surface area contributed by atoms with Gasteiger partial charge in [0.2, 0.25) is 5.91 Å². The van der Waals surface area contributed by atoms with Crippen molar-refractivity contribution in [2.75, 3.05) is 19.6 Å². The predicted octanol–water partition coefficient (Wildman–Crippen LogP) is 2.58. The number of nitrogens with zero attached hydrogens (tertiary/aromatic N) is 1. The van der Waals surface area contributed by atoms with Crippen LogP contribution in [0.25, 0.3) is 0 Å². The Morgan fingerprint density at radius 1 is 1.47 bits per heavy atom. The quantitative estimate of drug-likeness (QED) is 0.904. The molecule has 4 heteroatoms. The predicted molar refractivity (Wildman–Crippen MR) is 80.8 cm³/mol. The van der Waals surface area contributed by atoms with Crippen molar-refractivity contribution in [2.24, 2.45) is 11.7 Å². The second-order valence-corrected chi connectivity index (χ2v) is 6.27. The number of halogens is 1. The Kier molecular flexibility index (Phi) is 5.40. The van der Waals surface area contributed by atoms with Gasteiger partial charge in [-0.1, -0.05) is 28.1 Å². The van der Waals surface area contributed by atoms with Crippen molar-refractivity contribution in [3.8, 4) is 0 Å². The van der Waals surface area contributed by atoms with Gasteiger partial charge >= 0.3 is 0 Å². The highest BCUT2D eigenvalue weighted by Crippen LogP contribution is 2.20. The van der Waals surface area contributed by atoms with E-state index >= 15 is 0 Å². The Morgan fingerprint density at radius 3 is 3.05 bits per heavy atom. The number of nitrogens with two attached hydrogens (primary N) is 1. The molecule has 0 unspecified atom stereocenters. The summed E-state index contributed by atoms with van der Waals surface area (Å²) in [6.45, 7) is 3.21. The molecule has 0 aliphatic carbocycles. The molecule has 1 aromatic rings. The fraction of sp³-hybridized carbons (Fsp3) is 0.533. The molecule has 1 amide bonds. The molecule has 2 rings (SSSR count). The molecule has 1 aromatic carbocycles. The van der Waals surface area contributed by atoms with Gasteiger partial charge in [-0.05, 0) is 49.4 Å². The average molecular weight is 325 g/mol. The molecular weight excluding hydrogens is 304 g/mol. The van der Waals surface area contributed by atoms with Gasteiger partial charge in [0.15, 0.2) is 0 Å². The minimum atomic E-state index is -0.168.